The van der Waals surface area contributed by atoms with Gasteiger partial charge in [0.25, 0.3) is 0 Å². The molecule has 1 aromatic carbocycles. The zero-order chi connectivity index (χ0) is 16.8. The highest BCUT2D eigenvalue weighted by atomic mass is 16.7. The number of rotatable bonds is 5. The topological polar surface area (TPSA) is 85.7 Å². The molecule has 0 unspecified atom stereocenters. The molecule has 8 heteroatoms. The maximum atomic E-state index is 12.4. The van der Waals surface area contributed by atoms with E-state index in [0.29, 0.717) is 24.1 Å². The third kappa shape index (κ3) is 3.59. The van der Waals surface area contributed by atoms with Crippen LogP contribution in [-0.4, -0.2) is 46.9 Å². The van der Waals surface area contributed by atoms with Crippen LogP contribution in [0.15, 0.2) is 24.3 Å². The van der Waals surface area contributed by atoms with Gasteiger partial charge in [-0.2, -0.15) is 10.0 Å². The highest BCUT2D eigenvalue weighted by Gasteiger charge is 2.22. The predicted octanol–water partition coefficient (Wildman–Crippen LogP) is 2.39. The molecule has 1 heterocycles. The Kier molecular flexibility index (Phi) is 5.53. The van der Waals surface area contributed by atoms with Gasteiger partial charge in [0.15, 0.2) is 0 Å². The second-order valence-corrected chi connectivity index (χ2v) is 4.70. The minimum Gasteiger partial charge on any atom is -0.373 e. The number of aromatic nitrogens is 2. The van der Waals surface area contributed by atoms with Crippen molar-refractivity contribution in [2.45, 2.75) is 20.3 Å². The molecule has 0 atom stereocenters. The molecule has 1 aromatic heterocycles. The largest absolute Gasteiger partial charge is 0.441 e. The number of hydroxylamine groups is 2. The molecule has 124 valence electrons. The summed E-state index contributed by atoms with van der Waals surface area (Å²) >= 11 is 0. The lowest BCUT2D eigenvalue weighted by Gasteiger charge is -2.16. The Balaban J connectivity index is 2.38. The maximum absolute atomic E-state index is 12.4. The van der Waals surface area contributed by atoms with Crippen LogP contribution in [0.4, 0.5) is 9.59 Å². The minimum absolute atomic E-state index is 0.0969. The van der Waals surface area contributed by atoms with Gasteiger partial charge >= 0.3 is 18.1 Å². The molecule has 0 bridgehead atoms. The third-order valence-corrected chi connectivity index (χ3v) is 3.15. The Hall–Kier alpha value is -2.61. The van der Waals surface area contributed by atoms with Crippen LogP contribution >= 0.6 is 0 Å². The first-order chi connectivity index (χ1) is 11.1. The van der Waals surface area contributed by atoms with Crippen LogP contribution in [0.25, 0.3) is 11.0 Å². The first kappa shape index (κ1) is 16.8. The van der Waals surface area contributed by atoms with E-state index >= 15 is 0 Å². The molecule has 0 aliphatic heterocycles. The van der Waals surface area contributed by atoms with E-state index in [9.17, 15) is 9.59 Å². The molecule has 0 saturated carbocycles. The third-order valence-electron chi connectivity index (χ3n) is 3.15. The van der Waals surface area contributed by atoms with E-state index in [1.165, 1.54) is 11.7 Å². The molecular formula is C15H20N4O4. The molecule has 0 radical (unpaired) electrons. The first-order valence-electron chi connectivity index (χ1n) is 7.41. The van der Waals surface area contributed by atoms with Gasteiger partial charge in [0.1, 0.15) is 0 Å². The van der Waals surface area contributed by atoms with Crippen molar-refractivity contribution in [2.24, 2.45) is 0 Å². The van der Waals surface area contributed by atoms with Gasteiger partial charge in [-0.25, -0.2) is 14.2 Å². The van der Waals surface area contributed by atoms with E-state index in [-0.39, 0.29) is 6.01 Å². The number of benzene rings is 1. The molecule has 2 aromatic rings. The summed E-state index contributed by atoms with van der Waals surface area (Å²) in [5, 5.41) is 3.77. The number of amides is 2. The van der Waals surface area contributed by atoms with Crippen LogP contribution < -0.4 is 10.1 Å². The fourth-order valence-corrected chi connectivity index (χ4v) is 2.04. The van der Waals surface area contributed by atoms with Gasteiger partial charge in [0.05, 0.1) is 18.1 Å². The molecule has 2 rings (SSSR count). The molecule has 23 heavy (non-hydrogen) atoms. The van der Waals surface area contributed by atoms with Crippen molar-refractivity contribution in [1.82, 2.24) is 19.9 Å². The number of carbonyl (C=O) groups is 2. The molecule has 0 aliphatic carbocycles. The summed E-state index contributed by atoms with van der Waals surface area (Å²) in [6, 6.07) is 6.56. The number of hydrogen-bond donors (Lipinski definition) is 1. The van der Waals surface area contributed by atoms with Crippen LogP contribution in [0.2, 0.25) is 0 Å². The van der Waals surface area contributed by atoms with Gasteiger partial charge in [0, 0.05) is 13.1 Å². The van der Waals surface area contributed by atoms with Gasteiger partial charge in [-0.1, -0.05) is 19.1 Å². The Morgan fingerprint density at radius 1 is 1.30 bits per heavy atom. The Morgan fingerprint density at radius 2 is 2.04 bits per heavy atom. The summed E-state index contributed by atoms with van der Waals surface area (Å²) in [5.74, 6) is 0. The van der Waals surface area contributed by atoms with Gasteiger partial charge in [-0.3, -0.25) is 4.84 Å². The molecule has 0 aliphatic rings. The Morgan fingerprint density at radius 3 is 2.70 bits per heavy atom. The van der Waals surface area contributed by atoms with E-state index in [1.807, 2.05) is 6.92 Å². The van der Waals surface area contributed by atoms with E-state index in [4.69, 9.17) is 9.57 Å². The molecule has 8 nitrogen and oxygen atoms in total. The molecule has 2 amide bonds. The lowest BCUT2D eigenvalue weighted by atomic mass is 10.3. The minimum atomic E-state index is -0.741. The summed E-state index contributed by atoms with van der Waals surface area (Å²) in [6.45, 7) is 4.50. The van der Waals surface area contributed by atoms with Crippen molar-refractivity contribution in [3.8, 4) is 6.01 Å². The zero-order valence-electron chi connectivity index (χ0n) is 13.4. The second kappa shape index (κ2) is 7.59. The lowest BCUT2D eigenvalue weighted by molar-refractivity contribution is -0.0964. The molecular weight excluding hydrogens is 300 g/mol. The highest BCUT2D eigenvalue weighted by Crippen LogP contribution is 2.21. The van der Waals surface area contributed by atoms with Crippen LogP contribution in [0.3, 0.4) is 0 Å². The first-order valence-corrected chi connectivity index (χ1v) is 7.41. The Labute approximate surface area is 133 Å². The summed E-state index contributed by atoms with van der Waals surface area (Å²) < 4.78 is 6.47. The number of nitrogens with zero attached hydrogens (tertiary/aromatic N) is 3. The van der Waals surface area contributed by atoms with Crippen LogP contribution in [-0.2, 0) is 4.84 Å². The number of ether oxygens (including phenoxy) is 1. The van der Waals surface area contributed by atoms with Crippen molar-refractivity contribution in [3.63, 3.8) is 0 Å². The molecule has 1 N–H and O–H groups in total. The summed E-state index contributed by atoms with van der Waals surface area (Å²) in [6.07, 6.45) is 0.0516. The normalized spacial score (nSPS) is 10.6. The van der Waals surface area contributed by atoms with Crippen LogP contribution in [0, 0.1) is 0 Å². The smallest absolute Gasteiger partial charge is 0.373 e. The van der Waals surface area contributed by atoms with E-state index in [2.05, 4.69) is 10.3 Å². The second-order valence-electron chi connectivity index (χ2n) is 4.70. The summed E-state index contributed by atoms with van der Waals surface area (Å²) in [7, 11) is 1.36. The van der Waals surface area contributed by atoms with Crippen molar-refractivity contribution in [3.05, 3.63) is 24.3 Å². The van der Waals surface area contributed by atoms with Crippen molar-refractivity contribution in [2.75, 3.05) is 20.2 Å². The van der Waals surface area contributed by atoms with E-state index in [1.54, 1.807) is 31.2 Å². The molecule has 0 fully saturated rings. The van der Waals surface area contributed by atoms with Crippen LogP contribution in [0.5, 0.6) is 6.01 Å². The zero-order valence-corrected chi connectivity index (χ0v) is 13.4. The van der Waals surface area contributed by atoms with Crippen molar-refractivity contribution < 1.29 is 19.2 Å². The average molecular weight is 320 g/mol. The lowest BCUT2D eigenvalue weighted by Crippen LogP contribution is -2.35. The number of fused-ring (bicyclic) bond motifs is 1. The molecule has 0 saturated heterocycles. The molecule has 0 spiro atoms. The summed E-state index contributed by atoms with van der Waals surface area (Å²) in [5.41, 5.74) is 1.12. The SMILES string of the molecule is CCCNC(=O)n1c(OC(=O)N(CC)OC)nc2ccccc21. The van der Waals surface area contributed by atoms with Crippen LogP contribution in [0.1, 0.15) is 20.3 Å². The quantitative estimate of drug-likeness (QED) is 0.855. The van der Waals surface area contributed by atoms with Gasteiger partial charge in [-0.05, 0) is 25.5 Å². The van der Waals surface area contributed by atoms with Gasteiger partial charge in [-0.15, -0.1) is 0 Å². The van der Waals surface area contributed by atoms with Crippen molar-refractivity contribution in [1.29, 1.82) is 0 Å². The number of imidazole rings is 1. The number of para-hydroxylation sites is 2. The fourth-order valence-electron chi connectivity index (χ4n) is 2.04. The predicted molar refractivity (Wildman–Crippen MR) is 84.2 cm³/mol. The number of hydrogen-bond acceptors (Lipinski definition) is 5. The van der Waals surface area contributed by atoms with E-state index < -0.39 is 12.1 Å². The average Bonchev–Trinajstić information content (AvgIpc) is 2.91. The van der Waals surface area contributed by atoms with Gasteiger partial charge in [0.2, 0.25) is 0 Å². The number of nitrogens with one attached hydrogen (secondary N) is 1. The van der Waals surface area contributed by atoms with Gasteiger partial charge < -0.3 is 10.1 Å². The number of carbonyl (C=O) groups excluding carboxylic acids is 2. The van der Waals surface area contributed by atoms with Crippen molar-refractivity contribution >= 4 is 23.2 Å². The maximum Gasteiger partial charge on any atom is 0.441 e. The monoisotopic (exact) mass is 320 g/mol. The highest BCUT2D eigenvalue weighted by molar-refractivity contribution is 5.91. The standard InChI is InChI=1S/C15H20N4O4/c1-4-10-16-13(20)19-12-9-7-6-8-11(12)17-14(19)23-15(21)18(5-2)22-3/h6-9H,4-5,10H2,1-3H3,(H,16,20). The summed E-state index contributed by atoms with van der Waals surface area (Å²) in [4.78, 5) is 33.5. The fraction of sp³-hybridized carbons (Fsp3) is 0.400. The Bertz CT molecular complexity index is 694. The van der Waals surface area contributed by atoms with E-state index in [0.717, 1.165) is 11.5 Å².